The van der Waals surface area contributed by atoms with Crippen molar-refractivity contribution < 1.29 is 9.53 Å². The highest BCUT2D eigenvalue weighted by Gasteiger charge is 2.14. The van der Waals surface area contributed by atoms with Crippen LogP contribution in [0.5, 0.6) is 5.75 Å². The standard InChI is InChI=1S/C25H23N5O2S/c1-32-19-8-6-17(7-9-19)10-15-27-25(33)30-29-24(31)21-16-23(18-11-13-26-14-12-18)28-22-5-3-2-4-20(21)22/h2-9,11-14,16H,10,15H2,1H3,(H,29,31)(H2,27,30,33). The Hall–Kier alpha value is -4.04. The highest BCUT2D eigenvalue weighted by molar-refractivity contribution is 7.80. The number of amides is 1. The van der Waals surface area contributed by atoms with Crippen LogP contribution in [0.3, 0.4) is 0 Å². The van der Waals surface area contributed by atoms with Crippen molar-refractivity contribution in [2.24, 2.45) is 0 Å². The molecule has 1 amide bonds. The number of benzene rings is 2. The molecule has 2 heterocycles. The van der Waals surface area contributed by atoms with E-state index in [2.05, 4.69) is 26.1 Å². The zero-order valence-corrected chi connectivity index (χ0v) is 18.9. The summed E-state index contributed by atoms with van der Waals surface area (Å²) >= 11 is 5.30. The number of ether oxygens (including phenoxy) is 1. The second-order valence-electron chi connectivity index (χ2n) is 7.24. The minimum atomic E-state index is -0.303. The molecule has 0 saturated heterocycles. The van der Waals surface area contributed by atoms with Gasteiger partial charge >= 0.3 is 0 Å². The van der Waals surface area contributed by atoms with Gasteiger partial charge in [0.25, 0.3) is 5.91 Å². The number of thiocarbonyl (C=S) groups is 1. The van der Waals surface area contributed by atoms with Crippen LogP contribution in [0.15, 0.2) is 79.1 Å². The molecular weight excluding hydrogens is 434 g/mol. The molecule has 33 heavy (non-hydrogen) atoms. The van der Waals surface area contributed by atoms with Crippen molar-refractivity contribution >= 4 is 34.1 Å². The molecule has 0 saturated carbocycles. The number of pyridine rings is 2. The SMILES string of the molecule is COc1ccc(CCNC(=S)NNC(=O)c2cc(-c3ccncc3)nc3ccccc23)cc1. The summed E-state index contributed by atoms with van der Waals surface area (Å²) in [5.41, 5.74) is 9.43. The van der Waals surface area contributed by atoms with Gasteiger partial charge in [0.15, 0.2) is 5.11 Å². The molecule has 3 N–H and O–H groups in total. The van der Waals surface area contributed by atoms with Gasteiger partial charge < -0.3 is 10.1 Å². The number of fused-ring (bicyclic) bond motifs is 1. The maximum Gasteiger partial charge on any atom is 0.270 e. The highest BCUT2D eigenvalue weighted by Crippen LogP contribution is 2.24. The zero-order valence-electron chi connectivity index (χ0n) is 18.0. The van der Waals surface area contributed by atoms with Gasteiger partial charge in [0.2, 0.25) is 0 Å². The molecule has 0 fully saturated rings. The Morgan fingerprint density at radius 3 is 2.52 bits per heavy atom. The summed E-state index contributed by atoms with van der Waals surface area (Å²) < 4.78 is 5.17. The molecule has 8 heteroatoms. The van der Waals surface area contributed by atoms with E-state index in [1.807, 2.05) is 60.7 Å². The molecule has 166 valence electrons. The number of carbonyl (C=O) groups excluding carboxylic acids is 1. The van der Waals surface area contributed by atoms with E-state index in [4.69, 9.17) is 17.0 Å². The highest BCUT2D eigenvalue weighted by atomic mass is 32.1. The van der Waals surface area contributed by atoms with Crippen LogP contribution in [0.1, 0.15) is 15.9 Å². The van der Waals surface area contributed by atoms with Crippen LogP contribution in [0.2, 0.25) is 0 Å². The van der Waals surface area contributed by atoms with Crippen LogP contribution in [0, 0.1) is 0 Å². The van der Waals surface area contributed by atoms with Gasteiger partial charge in [-0.1, -0.05) is 30.3 Å². The molecular formula is C25H23N5O2S. The van der Waals surface area contributed by atoms with Gasteiger partial charge in [0.1, 0.15) is 5.75 Å². The minimum absolute atomic E-state index is 0.303. The second kappa shape index (κ2) is 10.5. The van der Waals surface area contributed by atoms with Crippen molar-refractivity contribution in [3.63, 3.8) is 0 Å². The number of nitrogens with zero attached hydrogens (tertiary/aromatic N) is 2. The Morgan fingerprint density at radius 1 is 1.00 bits per heavy atom. The molecule has 4 rings (SSSR count). The van der Waals surface area contributed by atoms with E-state index in [1.54, 1.807) is 25.6 Å². The number of para-hydroxylation sites is 1. The summed E-state index contributed by atoms with van der Waals surface area (Å²) in [4.78, 5) is 21.7. The predicted molar refractivity (Wildman–Crippen MR) is 133 cm³/mol. The first-order valence-corrected chi connectivity index (χ1v) is 10.8. The number of carbonyl (C=O) groups is 1. The summed E-state index contributed by atoms with van der Waals surface area (Å²) in [6, 6.07) is 20.9. The molecule has 0 bridgehead atoms. The monoisotopic (exact) mass is 457 g/mol. The number of hydrogen-bond donors (Lipinski definition) is 3. The first kappa shape index (κ1) is 22.2. The molecule has 4 aromatic rings. The third kappa shape index (κ3) is 5.61. The van der Waals surface area contributed by atoms with Crippen LogP contribution in [-0.2, 0) is 6.42 Å². The Bertz CT molecular complexity index is 1260. The van der Waals surface area contributed by atoms with Gasteiger partial charge in [-0.15, -0.1) is 0 Å². The van der Waals surface area contributed by atoms with Gasteiger partial charge in [-0.3, -0.25) is 20.6 Å². The van der Waals surface area contributed by atoms with Gasteiger partial charge in [-0.25, -0.2) is 4.98 Å². The topological polar surface area (TPSA) is 88.2 Å². The van der Waals surface area contributed by atoms with Crippen molar-refractivity contribution in [3.8, 4) is 17.0 Å². The summed E-state index contributed by atoms with van der Waals surface area (Å²) in [6.45, 7) is 0.623. The average Bonchev–Trinajstić information content (AvgIpc) is 2.87. The summed E-state index contributed by atoms with van der Waals surface area (Å²) in [5, 5.41) is 4.19. The summed E-state index contributed by atoms with van der Waals surface area (Å²) in [7, 11) is 1.64. The maximum absolute atomic E-state index is 13.0. The molecule has 0 aliphatic rings. The normalized spacial score (nSPS) is 10.5. The van der Waals surface area contributed by atoms with Gasteiger partial charge in [-0.05, 0) is 60.6 Å². The van der Waals surface area contributed by atoms with Crippen LogP contribution < -0.4 is 20.9 Å². The molecule has 2 aromatic carbocycles. The molecule has 0 atom stereocenters. The first-order valence-electron chi connectivity index (χ1n) is 10.4. The summed E-state index contributed by atoms with van der Waals surface area (Å²) in [6.07, 6.45) is 4.18. The van der Waals surface area contributed by atoms with E-state index in [0.29, 0.717) is 22.9 Å². The fourth-order valence-electron chi connectivity index (χ4n) is 3.37. The molecule has 0 unspecified atom stereocenters. The largest absolute Gasteiger partial charge is 0.497 e. The van der Waals surface area contributed by atoms with E-state index in [0.717, 1.165) is 34.2 Å². The van der Waals surface area contributed by atoms with Crippen molar-refractivity contribution in [2.45, 2.75) is 6.42 Å². The van der Waals surface area contributed by atoms with Crippen LogP contribution in [0.4, 0.5) is 0 Å². The van der Waals surface area contributed by atoms with E-state index in [9.17, 15) is 4.79 Å². The number of hydrazine groups is 1. The van der Waals surface area contributed by atoms with Crippen LogP contribution in [-0.4, -0.2) is 34.6 Å². The van der Waals surface area contributed by atoms with Crippen LogP contribution >= 0.6 is 12.2 Å². The van der Waals surface area contributed by atoms with E-state index in [1.165, 1.54) is 0 Å². The third-order valence-electron chi connectivity index (χ3n) is 5.08. The van der Waals surface area contributed by atoms with Crippen molar-refractivity contribution in [1.29, 1.82) is 0 Å². The van der Waals surface area contributed by atoms with Gasteiger partial charge in [0, 0.05) is 29.9 Å². The van der Waals surface area contributed by atoms with Crippen molar-refractivity contribution in [1.82, 2.24) is 26.1 Å². The molecule has 0 aliphatic heterocycles. The Balaban J connectivity index is 1.39. The fourth-order valence-corrected chi connectivity index (χ4v) is 3.52. The molecule has 0 spiro atoms. The third-order valence-corrected chi connectivity index (χ3v) is 5.33. The number of aromatic nitrogens is 2. The number of rotatable bonds is 6. The first-order chi connectivity index (χ1) is 16.1. The van der Waals surface area contributed by atoms with Gasteiger partial charge in [0.05, 0.1) is 23.9 Å². The fraction of sp³-hybridized carbons (Fsp3) is 0.120. The second-order valence-corrected chi connectivity index (χ2v) is 7.65. The molecule has 0 aliphatic carbocycles. The lowest BCUT2D eigenvalue weighted by molar-refractivity contribution is 0.0945. The predicted octanol–water partition coefficient (Wildman–Crippen LogP) is 3.66. The Kier molecular flexibility index (Phi) is 7.06. The van der Waals surface area contributed by atoms with Gasteiger partial charge in [-0.2, -0.15) is 0 Å². The lowest BCUT2D eigenvalue weighted by atomic mass is 10.0. The summed E-state index contributed by atoms with van der Waals surface area (Å²) in [5.74, 6) is 0.519. The number of methoxy groups -OCH3 is 1. The lowest BCUT2D eigenvalue weighted by Gasteiger charge is -2.13. The van der Waals surface area contributed by atoms with Crippen molar-refractivity contribution in [2.75, 3.05) is 13.7 Å². The Labute approximate surface area is 197 Å². The van der Waals surface area contributed by atoms with E-state index >= 15 is 0 Å². The van der Waals surface area contributed by atoms with E-state index in [-0.39, 0.29) is 5.91 Å². The smallest absolute Gasteiger partial charge is 0.270 e. The molecule has 2 aromatic heterocycles. The number of hydrogen-bond acceptors (Lipinski definition) is 5. The maximum atomic E-state index is 13.0. The van der Waals surface area contributed by atoms with Crippen molar-refractivity contribution in [3.05, 3.63) is 90.3 Å². The average molecular weight is 458 g/mol. The lowest BCUT2D eigenvalue weighted by Crippen LogP contribution is -2.47. The number of nitrogens with one attached hydrogen (secondary N) is 3. The Morgan fingerprint density at radius 2 is 1.76 bits per heavy atom. The molecule has 7 nitrogen and oxygen atoms in total. The zero-order chi connectivity index (χ0) is 23.0. The minimum Gasteiger partial charge on any atom is -0.497 e. The van der Waals surface area contributed by atoms with Crippen LogP contribution in [0.25, 0.3) is 22.2 Å². The molecule has 0 radical (unpaired) electrons. The quantitative estimate of drug-likeness (QED) is 0.301. The van der Waals surface area contributed by atoms with E-state index < -0.39 is 0 Å².